The number of para-hydroxylation sites is 1. The summed E-state index contributed by atoms with van der Waals surface area (Å²) in [6.45, 7) is 0.548. The summed E-state index contributed by atoms with van der Waals surface area (Å²) in [4.78, 5) is 16.8. The number of carbonyl (C=O) groups excluding carboxylic acids is 1. The van der Waals surface area contributed by atoms with Gasteiger partial charge in [0.05, 0.1) is 10.6 Å². The number of carbonyl (C=O) groups is 1. The van der Waals surface area contributed by atoms with E-state index in [4.69, 9.17) is 0 Å². The number of amides is 1. The molecule has 0 unspecified atom stereocenters. The Morgan fingerprint density at radius 3 is 2.23 bits per heavy atom. The third-order valence-electron chi connectivity index (χ3n) is 5.63. The molecule has 4 rings (SSSR count). The molecule has 1 fully saturated rings. The number of sulfonamides is 1. The van der Waals surface area contributed by atoms with Crippen LogP contribution in [-0.4, -0.2) is 32.9 Å². The van der Waals surface area contributed by atoms with E-state index in [1.54, 1.807) is 48.8 Å². The van der Waals surface area contributed by atoms with Gasteiger partial charge in [-0.2, -0.15) is 0 Å². The Balaban J connectivity index is 1.44. The largest absolute Gasteiger partial charge is 0.351 e. The fourth-order valence-corrected chi connectivity index (χ4v) is 4.68. The SMILES string of the molecule is CN(c1ccccc1)S(=O)(=O)c1ccc(C(=O)NCC2(c3ccncc3)CC2)cc1. The average Bonchev–Trinajstić information content (AvgIpc) is 3.59. The Kier molecular flexibility index (Phi) is 5.30. The summed E-state index contributed by atoms with van der Waals surface area (Å²) >= 11 is 0. The Morgan fingerprint density at radius 1 is 1.00 bits per heavy atom. The van der Waals surface area contributed by atoms with E-state index in [1.165, 1.54) is 29.0 Å². The molecule has 7 heteroatoms. The quantitative estimate of drug-likeness (QED) is 0.634. The predicted molar refractivity (Wildman–Crippen MR) is 116 cm³/mol. The second kappa shape index (κ2) is 7.91. The monoisotopic (exact) mass is 421 g/mol. The summed E-state index contributed by atoms with van der Waals surface area (Å²) in [6, 6.07) is 18.9. The molecule has 6 nitrogen and oxygen atoms in total. The van der Waals surface area contributed by atoms with E-state index in [2.05, 4.69) is 10.3 Å². The average molecular weight is 422 g/mol. The number of nitrogens with zero attached hydrogens (tertiary/aromatic N) is 2. The molecule has 0 bridgehead atoms. The van der Waals surface area contributed by atoms with Gasteiger partial charge in [0.25, 0.3) is 15.9 Å². The first-order chi connectivity index (χ1) is 14.4. The molecule has 1 amide bonds. The number of aromatic nitrogens is 1. The van der Waals surface area contributed by atoms with Crippen LogP contribution in [0.5, 0.6) is 0 Å². The maximum Gasteiger partial charge on any atom is 0.264 e. The van der Waals surface area contributed by atoms with E-state index in [0.717, 1.165) is 12.8 Å². The maximum absolute atomic E-state index is 12.9. The first-order valence-electron chi connectivity index (χ1n) is 9.75. The molecule has 2 aromatic carbocycles. The van der Waals surface area contributed by atoms with Gasteiger partial charge in [0, 0.05) is 37.0 Å². The summed E-state index contributed by atoms with van der Waals surface area (Å²) in [5.41, 5.74) is 2.18. The van der Waals surface area contributed by atoms with Crippen LogP contribution in [0, 0.1) is 0 Å². The zero-order valence-electron chi connectivity index (χ0n) is 16.7. The predicted octanol–water partition coefficient (Wildman–Crippen LogP) is 3.37. The van der Waals surface area contributed by atoms with Crippen molar-refractivity contribution in [1.82, 2.24) is 10.3 Å². The molecule has 0 aliphatic heterocycles. The van der Waals surface area contributed by atoms with Gasteiger partial charge in [-0.05, 0) is 66.9 Å². The Labute approximate surface area is 176 Å². The molecule has 0 atom stereocenters. The van der Waals surface area contributed by atoms with E-state index < -0.39 is 10.0 Å². The Morgan fingerprint density at radius 2 is 1.63 bits per heavy atom. The van der Waals surface area contributed by atoms with Crippen molar-refractivity contribution in [2.45, 2.75) is 23.2 Å². The van der Waals surface area contributed by atoms with Crippen molar-refractivity contribution in [1.29, 1.82) is 0 Å². The van der Waals surface area contributed by atoms with Crippen LogP contribution in [0.15, 0.2) is 84.0 Å². The molecule has 1 aromatic heterocycles. The molecule has 0 spiro atoms. The fourth-order valence-electron chi connectivity index (χ4n) is 3.49. The minimum atomic E-state index is -3.70. The zero-order chi connectivity index (χ0) is 21.2. The molecule has 30 heavy (non-hydrogen) atoms. The van der Waals surface area contributed by atoms with Crippen LogP contribution >= 0.6 is 0 Å². The maximum atomic E-state index is 12.9. The van der Waals surface area contributed by atoms with Crippen molar-refractivity contribution < 1.29 is 13.2 Å². The van der Waals surface area contributed by atoms with Crippen LogP contribution in [0.2, 0.25) is 0 Å². The molecular weight excluding hydrogens is 398 g/mol. The molecule has 0 saturated heterocycles. The molecule has 1 aliphatic carbocycles. The van der Waals surface area contributed by atoms with Crippen molar-refractivity contribution in [3.8, 4) is 0 Å². The minimum Gasteiger partial charge on any atom is -0.351 e. The lowest BCUT2D eigenvalue weighted by atomic mass is 9.97. The summed E-state index contributed by atoms with van der Waals surface area (Å²) < 4.78 is 26.9. The fraction of sp³-hybridized carbons (Fsp3) is 0.217. The van der Waals surface area contributed by atoms with E-state index in [0.29, 0.717) is 17.8 Å². The van der Waals surface area contributed by atoms with Crippen molar-refractivity contribution in [2.24, 2.45) is 0 Å². The summed E-state index contributed by atoms with van der Waals surface area (Å²) in [5, 5.41) is 2.99. The molecule has 1 aliphatic rings. The topological polar surface area (TPSA) is 79.4 Å². The highest BCUT2D eigenvalue weighted by Gasteiger charge is 2.44. The number of nitrogens with one attached hydrogen (secondary N) is 1. The van der Waals surface area contributed by atoms with Crippen LogP contribution < -0.4 is 9.62 Å². The van der Waals surface area contributed by atoms with Gasteiger partial charge in [0.15, 0.2) is 0 Å². The Hall–Kier alpha value is -3.19. The first kappa shape index (κ1) is 20.1. The second-order valence-corrected chi connectivity index (χ2v) is 9.50. The summed E-state index contributed by atoms with van der Waals surface area (Å²) in [6.07, 6.45) is 5.59. The van der Waals surface area contributed by atoms with Gasteiger partial charge in [0.2, 0.25) is 0 Å². The van der Waals surface area contributed by atoms with Gasteiger partial charge < -0.3 is 5.32 Å². The van der Waals surface area contributed by atoms with Gasteiger partial charge >= 0.3 is 0 Å². The van der Waals surface area contributed by atoms with Crippen LogP contribution in [0.4, 0.5) is 5.69 Å². The number of pyridine rings is 1. The molecule has 3 aromatic rings. The van der Waals surface area contributed by atoms with Crippen molar-refractivity contribution in [3.05, 3.63) is 90.3 Å². The highest BCUT2D eigenvalue weighted by molar-refractivity contribution is 7.92. The number of anilines is 1. The zero-order valence-corrected chi connectivity index (χ0v) is 17.5. The van der Waals surface area contributed by atoms with Gasteiger partial charge in [-0.25, -0.2) is 8.42 Å². The van der Waals surface area contributed by atoms with Gasteiger partial charge in [0.1, 0.15) is 0 Å². The van der Waals surface area contributed by atoms with Crippen molar-refractivity contribution in [2.75, 3.05) is 17.9 Å². The summed E-state index contributed by atoms with van der Waals surface area (Å²) in [5.74, 6) is -0.212. The van der Waals surface area contributed by atoms with Gasteiger partial charge in [-0.3, -0.25) is 14.1 Å². The lowest BCUT2D eigenvalue weighted by Crippen LogP contribution is -2.32. The van der Waals surface area contributed by atoms with Crippen LogP contribution in [0.25, 0.3) is 0 Å². The summed E-state index contributed by atoms with van der Waals surface area (Å²) in [7, 11) is -2.19. The third-order valence-corrected chi connectivity index (χ3v) is 7.43. The van der Waals surface area contributed by atoms with E-state index >= 15 is 0 Å². The first-order valence-corrected chi connectivity index (χ1v) is 11.2. The van der Waals surface area contributed by atoms with Crippen LogP contribution in [-0.2, 0) is 15.4 Å². The molecule has 0 radical (unpaired) electrons. The van der Waals surface area contributed by atoms with E-state index in [-0.39, 0.29) is 16.2 Å². The van der Waals surface area contributed by atoms with Gasteiger partial charge in [-0.15, -0.1) is 0 Å². The lowest BCUT2D eigenvalue weighted by Gasteiger charge is -2.19. The highest BCUT2D eigenvalue weighted by Crippen LogP contribution is 2.47. The number of hydrogen-bond donors (Lipinski definition) is 1. The lowest BCUT2D eigenvalue weighted by molar-refractivity contribution is 0.0949. The molecule has 1 N–H and O–H groups in total. The number of benzene rings is 2. The number of rotatable bonds is 7. The Bertz CT molecular complexity index is 1130. The molecule has 1 saturated carbocycles. The minimum absolute atomic E-state index is 0.0136. The standard InChI is InChI=1S/C23H23N3O3S/c1-26(20-5-3-2-4-6-20)30(28,29)21-9-7-18(8-10-21)22(27)25-17-23(13-14-23)19-11-15-24-16-12-19/h2-12,15-16H,13-14,17H2,1H3,(H,25,27). The third kappa shape index (κ3) is 3.93. The smallest absolute Gasteiger partial charge is 0.264 e. The second-order valence-electron chi connectivity index (χ2n) is 7.53. The van der Waals surface area contributed by atoms with Crippen LogP contribution in [0.3, 0.4) is 0 Å². The van der Waals surface area contributed by atoms with Crippen LogP contribution in [0.1, 0.15) is 28.8 Å². The van der Waals surface area contributed by atoms with E-state index in [1.807, 2.05) is 18.2 Å². The normalized spacial score (nSPS) is 14.7. The number of hydrogen-bond acceptors (Lipinski definition) is 4. The van der Waals surface area contributed by atoms with Crippen molar-refractivity contribution >= 4 is 21.6 Å². The van der Waals surface area contributed by atoms with Gasteiger partial charge in [-0.1, -0.05) is 18.2 Å². The molecule has 1 heterocycles. The molecular formula is C23H23N3O3S. The highest BCUT2D eigenvalue weighted by atomic mass is 32.2. The van der Waals surface area contributed by atoms with E-state index in [9.17, 15) is 13.2 Å². The van der Waals surface area contributed by atoms with Crippen molar-refractivity contribution in [3.63, 3.8) is 0 Å². The molecule has 154 valence electrons.